The zero-order chi connectivity index (χ0) is 18.1. The van der Waals surface area contributed by atoms with Crippen LogP contribution in [0.4, 0.5) is 0 Å². The molecule has 0 unspecified atom stereocenters. The Morgan fingerprint density at radius 2 is 1.08 bits per heavy atom. The van der Waals surface area contributed by atoms with E-state index < -0.39 is 7.92 Å². The number of hydrogen-bond acceptors (Lipinski definition) is 2. The fraction of sp³-hybridized carbons (Fsp3) is 0.182. The number of phenolic OH excluding ortho intramolecular Hbond substituents is 2. The molecule has 0 amide bonds. The predicted molar refractivity (Wildman–Crippen MR) is 107 cm³/mol. The first kappa shape index (κ1) is 17.5. The highest BCUT2D eigenvalue weighted by Crippen LogP contribution is 2.41. The lowest BCUT2D eigenvalue weighted by Crippen LogP contribution is -2.22. The summed E-state index contributed by atoms with van der Waals surface area (Å²) in [7, 11) is -1.05. The second-order valence-corrected chi connectivity index (χ2v) is 8.72. The van der Waals surface area contributed by atoms with Crippen molar-refractivity contribution in [3.8, 4) is 11.5 Å². The Morgan fingerprint density at radius 1 is 0.640 bits per heavy atom. The number of rotatable bonds is 3. The van der Waals surface area contributed by atoms with Gasteiger partial charge in [-0.25, -0.2) is 0 Å². The fourth-order valence-corrected chi connectivity index (χ4v) is 5.93. The van der Waals surface area contributed by atoms with Crippen molar-refractivity contribution in [3.05, 3.63) is 76.9 Å². The molecular formula is C22H23O2P. The number of aromatic hydroxyl groups is 2. The number of aryl methyl sites for hydroxylation is 4. The SMILES string of the molecule is Cc1cc(C)c(O)c(P(c2ccccc2)c2cc(C)cc(C)c2O)c1. The summed E-state index contributed by atoms with van der Waals surface area (Å²) in [5.74, 6) is 0.637. The van der Waals surface area contributed by atoms with E-state index in [1.54, 1.807) is 0 Å². The summed E-state index contributed by atoms with van der Waals surface area (Å²) in [6, 6.07) is 18.2. The van der Waals surface area contributed by atoms with E-state index in [0.717, 1.165) is 38.2 Å². The molecule has 2 N–H and O–H groups in total. The van der Waals surface area contributed by atoms with Crippen LogP contribution in [0.3, 0.4) is 0 Å². The summed E-state index contributed by atoms with van der Waals surface area (Å²) >= 11 is 0. The Balaban J connectivity index is 2.34. The second-order valence-electron chi connectivity index (χ2n) is 6.57. The molecule has 0 aliphatic heterocycles. The quantitative estimate of drug-likeness (QED) is 0.699. The molecule has 3 aromatic rings. The average Bonchev–Trinajstić information content (AvgIpc) is 2.57. The molecule has 3 aromatic carbocycles. The molecule has 0 spiro atoms. The van der Waals surface area contributed by atoms with Gasteiger partial charge in [0.05, 0.1) is 0 Å². The van der Waals surface area contributed by atoms with Crippen LogP contribution in [-0.2, 0) is 0 Å². The van der Waals surface area contributed by atoms with E-state index in [4.69, 9.17) is 0 Å². The molecule has 25 heavy (non-hydrogen) atoms. The van der Waals surface area contributed by atoms with Crippen LogP contribution in [0.5, 0.6) is 11.5 Å². The minimum atomic E-state index is -1.05. The van der Waals surface area contributed by atoms with Crippen LogP contribution in [-0.4, -0.2) is 10.2 Å². The van der Waals surface area contributed by atoms with Crippen LogP contribution < -0.4 is 15.9 Å². The first-order chi connectivity index (χ1) is 11.9. The van der Waals surface area contributed by atoms with Crippen molar-refractivity contribution in [2.24, 2.45) is 0 Å². The molecule has 3 heteroatoms. The minimum absolute atomic E-state index is 0.319. The summed E-state index contributed by atoms with van der Waals surface area (Å²) in [4.78, 5) is 0. The van der Waals surface area contributed by atoms with Gasteiger partial charge in [0, 0.05) is 10.6 Å². The third-order valence-electron chi connectivity index (χ3n) is 4.35. The third kappa shape index (κ3) is 3.41. The summed E-state index contributed by atoms with van der Waals surface area (Å²) in [5, 5.41) is 24.4. The van der Waals surface area contributed by atoms with E-state index in [9.17, 15) is 10.2 Å². The smallest absolute Gasteiger partial charge is 0.126 e. The van der Waals surface area contributed by atoms with Gasteiger partial charge in [-0.15, -0.1) is 0 Å². The van der Waals surface area contributed by atoms with Crippen molar-refractivity contribution in [2.45, 2.75) is 27.7 Å². The molecule has 0 saturated heterocycles. The van der Waals surface area contributed by atoms with Crippen LogP contribution in [0.2, 0.25) is 0 Å². The van der Waals surface area contributed by atoms with Gasteiger partial charge in [-0.2, -0.15) is 0 Å². The molecule has 0 aliphatic carbocycles. The highest BCUT2D eigenvalue weighted by Gasteiger charge is 2.24. The monoisotopic (exact) mass is 350 g/mol. The molecule has 0 heterocycles. The van der Waals surface area contributed by atoms with Gasteiger partial charge in [-0.05, 0) is 75.3 Å². The predicted octanol–water partition coefficient (Wildman–Crippen LogP) is 4.09. The molecule has 0 bridgehead atoms. The van der Waals surface area contributed by atoms with E-state index in [-0.39, 0.29) is 0 Å². The molecule has 0 aliphatic rings. The Bertz CT molecular complexity index is 860. The van der Waals surface area contributed by atoms with Crippen molar-refractivity contribution in [2.75, 3.05) is 0 Å². The Labute approximate surface area is 150 Å². The Hall–Kier alpha value is -2.31. The first-order valence-electron chi connectivity index (χ1n) is 8.34. The number of phenols is 2. The van der Waals surface area contributed by atoms with Crippen molar-refractivity contribution in [3.63, 3.8) is 0 Å². The van der Waals surface area contributed by atoms with E-state index in [1.807, 2.05) is 70.2 Å². The van der Waals surface area contributed by atoms with Gasteiger partial charge in [0.15, 0.2) is 0 Å². The molecule has 2 nitrogen and oxygen atoms in total. The summed E-state index contributed by atoms with van der Waals surface area (Å²) in [6.07, 6.45) is 0. The van der Waals surface area contributed by atoms with Gasteiger partial charge in [-0.1, -0.05) is 42.5 Å². The number of benzene rings is 3. The van der Waals surface area contributed by atoms with Gasteiger partial charge in [-0.3, -0.25) is 0 Å². The zero-order valence-corrected chi connectivity index (χ0v) is 15.9. The van der Waals surface area contributed by atoms with Gasteiger partial charge >= 0.3 is 0 Å². The zero-order valence-electron chi connectivity index (χ0n) is 15.0. The summed E-state index contributed by atoms with van der Waals surface area (Å²) < 4.78 is 0. The summed E-state index contributed by atoms with van der Waals surface area (Å²) in [5.41, 5.74) is 3.94. The van der Waals surface area contributed by atoms with Gasteiger partial charge < -0.3 is 10.2 Å². The van der Waals surface area contributed by atoms with E-state index in [0.29, 0.717) is 11.5 Å². The lowest BCUT2D eigenvalue weighted by molar-refractivity contribution is 0.475. The van der Waals surface area contributed by atoms with Gasteiger partial charge in [0.2, 0.25) is 0 Å². The Morgan fingerprint density at radius 3 is 1.52 bits per heavy atom. The van der Waals surface area contributed by atoms with Crippen molar-refractivity contribution >= 4 is 23.8 Å². The maximum Gasteiger partial charge on any atom is 0.126 e. The highest BCUT2D eigenvalue weighted by molar-refractivity contribution is 7.80. The lowest BCUT2D eigenvalue weighted by Gasteiger charge is -2.23. The van der Waals surface area contributed by atoms with Crippen LogP contribution in [0, 0.1) is 27.7 Å². The topological polar surface area (TPSA) is 40.5 Å². The molecule has 0 fully saturated rings. The first-order valence-corrected chi connectivity index (χ1v) is 9.68. The molecule has 0 aromatic heterocycles. The maximum absolute atomic E-state index is 10.8. The standard InChI is InChI=1S/C22H23O2P/c1-14-10-16(3)21(23)19(12-14)25(18-8-6-5-7-9-18)20-13-15(2)11-17(4)22(20)24/h5-13,23-24H,1-4H3. The summed E-state index contributed by atoms with van der Waals surface area (Å²) in [6.45, 7) is 7.92. The fourth-order valence-electron chi connectivity index (χ4n) is 3.20. The van der Waals surface area contributed by atoms with Crippen LogP contribution in [0.1, 0.15) is 22.3 Å². The van der Waals surface area contributed by atoms with Crippen molar-refractivity contribution in [1.82, 2.24) is 0 Å². The third-order valence-corrected chi connectivity index (χ3v) is 6.81. The average molecular weight is 350 g/mol. The largest absolute Gasteiger partial charge is 0.507 e. The van der Waals surface area contributed by atoms with Gasteiger partial charge in [0.25, 0.3) is 0 Å². The van der Waals surface area contributed by atoms with E-state index in [1.165, 1.54) is 0 Å². The highest BCUT2D eigenvalue weighted by atomic mass is 31.1. The molecular weight excluding hydrogens is 327 g/mol. The molecule has 0 atom stereocenters. The van der Waals surface area contributed by atoms with Crippen LogP contribution >= 0.6 is 7.92 Å². The second kappa shape index (κ2) is 6.90. The maximum atomic E-state index is 10.8. The van der Waals surface area contributed by atoms with Gasteiger partial charge in [0.1, 0.15) is 11.5 Å². The van der Waals surface area contributed by atoms with E-state index in [2.05, 4.69) is 12.1 Å². The van der Waals surface area contributed by atoms with Crippen LogP contribution in [0.25, 0.3) is 0 Å². The number of hydrogen-bond donors (Lipinski definition) is 2. The van der Waals surface area contributed by atoms with Crippen molar-refractivity contribution in [1.29, 1.82) is 0 Å². The molecule has 3 rings (SSSR count). The molecule has 128 valence electrons. The molecule has 0 radical (unpaired) electrons. The molecule has 0 saturated carbocycles. The van der Waals surface area contributed by atoms with E-state index >= 15 is 0 Å². The Kier molecular flexibility index (Phi) is 4.83. The lowest BCUT2D eigenvalue weighted by atomic mass is 10.1. The van der Waals surface area contributed by atoms with Crippen LogP contribution in [0.15, 0.2) is 54.6 Å². The minimum Gasteiger partial charge on any atom is -0.507 e. The van der Waals surface area contributed by atoms with Crippen molar-refractivity contribution < 1.29 is 10.2 Å². The normalized spacial score (nSPS) is 11.1.